The molecule has 0 fully saturated rings. The molecular weight excluding hydrogens is 164 g/mol. The van der Waals surface area contributed by atoms with Crippen LogP contribution in [0.3, 0.4) is 0 Å². The summed E-state index contributed by atoms with van der Waals surface area (Å²) in [6.45, 7) is 1.39. The lowest BCUT2D eigenvalue weighted by Crippen LogP contribution is -1.96. The Balaban J connectivity index is 3.36. The molecule has 0 saturated carbocycles. The van der Waals surface area contributed by atoms with Crippen LogP contribution >= 0.6 is 0 Å². The zero-order chi connectivity index (χ0) is 9.84. The molecule has 0 aliphatic heterocycles. The summed E-state index contributed by atoms with van der Waals surface area (Å²) in [5.41, 5.74) is 1.01. The van der Waals surface area contributed by atoms with E-state index >= 15 is 0 Å². The van der Waals surface area contributed by atoms with Gasteiger partial charge in [0.15, 0.2) is 5.78 Å². The van der Waals surface area contributed by atoms with E-state index in [4.69, 9.17) is 10.5 Å². The number of Topliss-reactive ketones (excluding diaryl/α,β-unsaturated/α-hetero) is 1. The second-order valence-corrected chi connectivity index (χ2v) is 2.54. The van der Waals surface area contributed by atoms with Crippen LogP contribution in [-0.4, -0.2) is 5.78 Å². The number of ketones is 1. The van der Waals surface area contributed by atoms with Crippen molar-refractivity contribution in [2.75, 3.05) is 0 Å². The molecule has 3 nitrogen and oxygen atoms in total. The number of nitriles is 2. The fraction of sp³-hybridized carbons (Fsp3) is 0.100. The topological polar surface area (TPSA) is 64.7 Å². The molecule has 0 amide bonds. The zero-order valence-corrected chi connectivity index (χ0v) is 7.03. The molecule has 0 aliphatic carbocycles. The van der Waals surface area contributed by atoms with Crippen LogP contribution in [0.2, 0.25) is 0 Å². The second-order valence-electron chi connectivity index (χ2n) is 2.54. The highest BCUT2D eigenvalue weighted by Gasteiger charge is 2.06. The van der Waals surface area contributed by atoms with Crippen molar-refractivity contribution in [2.24, 2.45) is 0 Å². The van der Waals surface area contributed by atoms with Crippen molar-refractivity contribution < 1.29 is 4.79 Å². The molecule has 0 heterocycles. The van der Waals surface area contributed by atoms with E-state index in [9.17, 15) is 4.79 Å². The Kier molecular flexibility index (Phi) is 2.42. The average molecular weight is 170 g/mol. The number of hydrogen-bond donors (Lipinski definition) is 0. The Morgan fingerprint density at radius 1 is 1.31 bits per heavy atom. The Bertz CT molecular complexity index is 435. The SMILES string of the molecule is CC(=O)c1ccc(C#N)cc1C#N. The predicted octanol–water partition coefficient (Wildman–Crippen LogP) is 1.63. The van der Waals surface area contributed by atoms with Gasteiger partial charge in [0.05, 0.1) is 23.3 Å². The summed E-state index contributed by atoms with van der Waals surface area (Å²) in [5, 5.41) is 17.2. The zero-order valence-electron chi connectivity index (χ0n) is 7.03. The van der Waals surface area contributed by atoms with Crippen molar-refractivity contribution >= 4 is 5.78 Å². The molecule has 1 aromatic rings. The van der Waals surface area contributed by atoms with E-state index in [2.05, 4.69) is 0 Å². The molecule has 0 aromatic heterocycles. The molecule has 1 aromatic carbocycles. The number of rotatable bonds is 1. The van der Waals surface area contributed by atoms with E-state index in [1.807, 2.05) is 12.1 Å². The third-order valence-corrected chi connectivity index (χ3v) is 1.65. The van der Waals surface area contributed by atoms with Gasteiger partial charge in [0.25, 0.3) is 0 Å². The van der Waals surface area contributed by atoms with E-state index in [0.717, 1.165) is 0 Å². The maximum Gasteiger partial charge on any atom is 0.161 e. The van der Waals surface area contributed by atoms with Gasteiger partial charge in [-0.15, -0.1) is 0 Å². The van der Waals surface area contributed by atoms with Gasteiger partial charge >= 0.3 is 0 Å². The lowest BCUT2D eigenvalue weighted by Gasteiger charge is -1.98. The first-order valence-corrected chi connectivity index (χ1v) is 3.64. The number of nitrogens with zero attached hydrogens (tertiary/aromatic N) is 2. The van der Waals surface area contributed by atoms with Gasteiger partial charge in [0.2, 0.25) is 0 Å². The molecule has 1 rings (SSSR count). The van der Waals surface area contributed by atoms with Gasteiger partial charge in [-0.25, -0.2) is 0 Å². The van der Waals surface area contributed by atoms with Crippen LogP contribution in [0.1, 0.15) is 28.4 Å². The molecule has 0 N–H and O–H groups in total. The third kappa shape index (κ3) is 1.72. The summed E-state index contributed by atoms with van der Waals surface area (Å²) in [7, 11) is 0. The van der Waals surface area contributed by atoms with Crippen LogP contribution in [0.15, 0.2) is 18.2 Å². The first-order valence-electron chi connectivity index (χ1n) is 3.64. The molecule has 62 valence electrons. The summed E-state index contributed by atoms with van der Waals surface area (Å²) in [4.78, 5) is 11.0. The van der Waals surface area contributed by atoms with E-state index in [1.165, 1.54) is 25.1 Å². The fourth-order valence-corrected chi connectivity index (χ4v) is 1.01. The smallest absolute Gasteiger partial charge is 0.161 e. The standard InChI is InChI=1S/C10H6N2O/c1-7(13)10-3-2-8(5-11)4-9(10)6-12/h2-4H,1H3. The van der Waals surface area contributed by atoms with Crippen LogP contribution < -0.4 is 0 Å². The minimum Gasteiger partial charge on any atom is -0.294 e. The second kappa shape index (κ2) is 3.51. The molecule has 0 saturated heterocycles. The maximum absolute atomic E-state index is 11.0. The molecular formula is C10H6N2O. The Morgan fingerprint density at radius 2 is 2.00 bits per heavy atom. The molecule has 0 bridgehead atoms. The molecule has 0 atom stereocenters. The minimum absolute atomic E-state index is 0.166. The van der Waals surface area contributed by atoms with Gasteiger partial charge in [-0.1, -0.05) is 0 Å². The fourth-order valence-electron chi connectivity index (χ4n) is 1.01. The van der Waals surface area contributed by atoms with Crippen molar-refractivity contribution in [1.82, 2.24) is 0 Å². The largest absolute Gasteiger partial charge is 0.294 e. The number of carbonyl (C=O) groups excluding carboxylic acids is 1. The van der Waals surface area contributed by atoms with Gasteiger partial charge in [-0.05, 0) is 25.1 Å². The molecule has 3 heteroatoms. The Morgan fingerprint density at radius 3 is 2.46 bits per heavy atom. The quantitative estimate of drug-likeness (QED) is 0.601. The number of hydrogen-bond acceptors (Lipinski definition) is 3. The van der Waals surface area contributed by atoms with Gasteiger partial charge in [-0.3, -0.25) is 4.79 Å². The van der Waals surface area contributed by atoms with Crippen LogP contribution in [0.4, 0.5) is 0 Å². The van der Waals surface area contributed by atoms with Crippen molar-refractivity contribution in [3.8, 4) is 12.1 Å². The van der Waals surface area contributed by atoms with Gasteiger partial charge in [-0.2, -0.15) is 10.5 Å². The predicted molar refractivity (Wildman–Crippen MR) is 45.9 cm³/mol. The van der Waals surface area contributed by atoms with Crippen LogP contribution in [-0.2, 0) is 0 Å². The van der Waals surface area contributed by atoms with E-state index < -0.39 is 0 Å². The molecule has 0 aliphatic rings. The minimum atomic E-state index is -0.166. The molecule has 0 spiro atoms. The Hall–Kier alpha value is -2.13. The van der Waals surface area contributed by atoms with E-state index in [-0.39, 0.29) is 11.3 Å². The van der Waals surface area contributed by atoms with Crippen LogP contribution in [0.25, 0.3) is 0 Å². The summed E-state index contributed by atoms with van der Waals surface area (Å²) < 4.78 is 0. The highest BCUT2D eigenvalue weighted by molar-refractivity contribution is 5.96. The third-order valence-electron chi connectivity index (χ3n) is 1.65. The van der Waals surface area contributed by atoms with Crippen molar-refractivity contribution in [3.63, 3.8) is 0 Å². The first-order chi connectivity index (χ1) is 6.19. The normalized spacial score (nSPS) is 8.54. The summed E-state index contributed by atoms with van der Waals surface area (Å²) in [6, 6.07) is 8.22. The van der Waals surface area contributed by atoms with Crippen molar-refractivity contribution in [3.05, 3.63) is 34.9 Å². The van der Waals surface area contributed by atoms with E-state index in [1.54, 1.807) is 0 Å². The molecule has 13 heavy (non-hydrogen) atoms. The summed E-state index contributed by atoms with van der Waals surface area (Å²) >= 11 is 0. The number of benzene rings is 1. The number of carbonyl (C=O) groups is 1. The Labute approximate surface area is 75.8 Å². The van der Waals surface area contributed by atoms with Gasteiger partial charge in [0, 0.05) is 5.56 Å². The summed E-state index contributed by atoms with van der Waals surface area (Å²) in [5.74, 6) is -0.166. The van der Waals surface area contributed by atoms with Crippen LogP contribution in [0.5, 0.6) is 0 Å². The van der Waals surface area contributed by atoms with Crippen molar-refractivity contribution in [2.45, 2.75) is 6.92 Å². The van der Waals surface area contributed by atoms with Gasteiger partial charge in [0.1, 0.15) is 0 Å². The van der Waals surface area contributed by atoms with Crippen LogP contribution in [0, 0.1) is 22.7 Å². The highest BCUT2D eigenvalue weighted by atomic mass is 16.1. The highest BCUT2D eigenvalue weighted by Crippen LogP contribution is 2.11. The average Bonchev–Trinajstić information content (AvgIpc) is 2.16. The van der Waals surface area contributed by atoms with E-state index in [0.29, 0.717) is 11.1 Å². The lowest BCUT2D eigenvalue weighted by atomic mass is 10.0. The molecule has 0 radical (unpaired) electrons. The maximum atomic E-state index is 11.0. The first kappa shape index (κ1) is 8.96. The van der Waals surface area contributed by atoms with Gasteiger partial charge < -0.3 is 0 Å². The lowest BCUT2D eigenvalue weighted by molar-refractivity contribution is 0.101. The molecule has 0 unspecified atom stereocenters. The van der Waals surface area contributed by atoms with Crippen molar-refractivity contribution in [1.29, 1.82) is 10.5 Å². The summed E-state index contributed by atoms with van der Waals surface area (Å²) in [6.07, 6.45) is 0. The monoisotopic (exact) mass is 170 g/mol.